The van der Waals surface area contributed by atoms with E-state index < -0.39 is 0 Å². The summed E-state index contributed by atoms with van der Waals surface area (Å²) in [5, 5.41) is 12.4. The maximum Gasteiger partial charge on any atom is 0.0571 e. The summed E-state index contributed by atoms with van der Waals surface area (Å²) in [5.41, 5.74) is 1.35. The SMILES string of the molecule is CC1C(O)CCC1c1cccc2ccncc12. The number of hydrogen-bond acceptors (Lipinski definition) is 2. The number of fused-ring (bicyclic) bond motifs is 1. The van der Waals surface area contributed by atoms with Gasteiger partial charge in [0.2, 0.25) is 0 Å². The molecule has 1 fully saturated rings. The van der Waals surface area contributed by atoms with E-state index in [-0.39, 0.29) is 6.10 Å². The first-order valence-corrected chi connectivity index (χ1v) is 6.28. The molecule has 88 valence electrons. The lowest BCUT2D eigenvalue weighted by Gasteiger charge is -2.19. The Morgan fingerprint density at radius 1 is 1.24 bits per heavy atom. The van der Waals surface area contributed by atoms with E-state index in [2.05, 4.69) is 36.2 Å². The quantitative estimate of drug-likeness (QED) is 0.812. The fourth-order valence-corrected chi connectivity index (χ4v) is 3.04. The number of benzene rings is 1. The van der Waals surface area contributed by atoms with E-state index in [0.29, 0.717) is 11.8 Å². The Morgan fingerprint density at radius 3 is 2.88 bits per heavy atom. The second-order valence-corrected chi connectivity index (χ2v) is 5.05. The largest absolute Gasteiger partial charge is 0.393 e. The van der Waals surface area contributed by atoms with E-state index in [0.717, 1.165) is 12.8 Å². The Morgan fingerprint density at radius 2 is 2.12 bits per heavy atom. The highest BCUT2D eigenvalue weighted by atomic mass is 16.3. The summed E-state index contributed by atoms with van der Waals surface area (Å²) >= 11 is 0. The highest BCUT2D eigenvalue weighted by Gasteiger charge is 2.33. The normalized spacial score (nSPS) is 28.7. The van der Waals surface area contributed by atoms with Crippen LogP contribution >= 0.6 is 0 Å². The van der Waals surface area contributed by atoms with Gasteiger partial charge < -0.3 is 5.11 Å². The molecule has 2 aromatic rings. The minimum absolute atomic E-state index is 0.146. The summed E-state index contributed by atoms with van der Waals surface area (Å²) in [5.74, 6) is 0.818. The van der Waals surface area contributed by atoms with Crippen LogP contribution < -0.4 is 0 Å². The van der Waals surface area contributed by atoms with Crippen molar-refractivity contribution in [2.75, 3.05) is 0 Å². The summed E-state index contributed by atoms with van der Waals surface area (Å²) in [6.45, 7) is 2.15. The molecule has 17 heavy (non-hydrogen) atoms. The van der Waals surface area contributed by atoms with Gasteiger partial charge in [-0.3, -0.25) is 4.98 Å². The molecule has 1 aliphatic carbocycles. The summed E-state index contributed by atoms with van der Waals surface area (Å²) in [4.78, 5) is 4.23. The first kappa shape index (κ1) is 10.7. The highest BCUT2D eigenvalue weighted by molar-refractivity contribution is 5.85. The fraction of sp³-hybridized carbons (Fsp3) is 0.400. The molecule has 1 aliphatic rings. The Kier molecular flexibility index (Phi) is 2.60. The van der Waals surface area contributed by atoms with Crippen molar-refractivity contribution in [3.05, 3.63) is 42.2 Å². The second-order valence-electron chi connectivity index (χ2n) is 5.05. The monoisotopic (exact) mass is 227 g/mol. The molecule has 1 aromatic heterocycles. The molecule has 0 bridgehead atoms. The van der Waals surface area contributed by atoms with Crippen LogP contribution in [0.3, 0.4) is 0 Å². The van der Waals surface area contributed by atoms with Crippen LogP contribution in [0.2, 0.25) is 0 Å². The third kappa shape index (κ3) is 1.73. The smallest absolute Gasteiger partial charge is 0.0571 e. The molecule has 1 saturated carbocycles. The van der Waals surface area contributed by atoms with E-state index in [1.165, 1.54) is 16.3 Å². The van der Waals surface area contributed by atoms with Crippen LogP contribution in [0, 0.1) is 5.92 Å². The summed E-state index contributed by atoms with van der Waals surface area (Å²) < 4.78 is 0. The number of aromatic nitrogens is 1. The van der Waals surface area contributed by atoms with E-state index in [4.69, 9.17) is 0 Å². The van der Waals surface area contributed by atoms with Gasteiger partial charge in [-0.15, -0.1) is 0 Å². The summed E-state index contributed by atoms with van der Waals surface area (Å²) in [6.07, 6.45) is 5.63. The third-order valence-corrected chi connectivity index (χ3v) is 4.13. The Bertz CT molecular complexity index is 532. The van der Waals surface area contributed by atoms with Gasteiger partial charge in [0.25, 0.3) is 0 Å². The van der Waals surface area contributed by atoms with Gasteiger partial charge >= 0.3 is 0 Å². The molecule has 1 N–H and O–H groups in total. The lowest BCUT2D eigenvalue weighted by atomic mass is 9.87. The van der Waals surface area contributed by atoms with Crippen molar-refractivity contribution in [1.82, 2.24) is 4.98 Å². The molecule has 2 heteroatoms. The van der Waals surface area contributed by atoms with Gasteiger partial charge in [0.15, 0.2) is 0 Å². The zero-order valence-corrected chi connectivity index (χ0v) is 10.0. The molecule has 3 atom stereocenters. The van der Waals surface area contributed by atoms with Gasteiger partial charge in [0.1, 0.15) is 0 Å². The van der Waals surface area contributed by atoms with Gasteiger partial charge in [-0.25, -0.2) is 0 Å². The molecular weight excluding hydrogens is 210 g/mol. The van der Waals surface area contributed by atoms with Crippen molar-refractivity contribution in [3.8, 4) is 0 Å². The lowest BCUT2D eigenvalue weighted by molar-refractivity contribution is 0.137. The second kappa shape index (κ2) is 4.11. The van der Waals surface area contributed by atoms with Crippen LogP contribution in [0.15, 0.2) is 36.7 Å². The van der Waals surface area contributed by atoms with Crippen LogP contribution in [-0.4, -0.2) is 16.2 Å². The molecular formula is C15H17NO. The Hall–Kier alpha value is -1.41. The predicted molar refractivity (Wildman–Crippen MR) is 68.9 cm³/mol. The summed E-state index contributed by atoms with van der Waals surface area (Å²) in [6, 6.07) is 8.46. The van der Waals surface area contributed by atoms with Gasteiger partial charge in [0.05, 0.1) is 6.10 Å². The van der Waals surface area contributed by atoms with Crippen molar-refractivity contribution >= 4 is 10.8 Å². The van der Waals surface area contributed by atoms with Crippen molar-refractivity contribution < 1.29 is 5.11 Å². The van der Waals surface area contributed by atoms with Crippen LogP contribution in [-0.2, 0) is 0 Å². The highest BCUT2D eigenvalue weighted by Crippen LogP contribution is 2.41. The minimum atomic E-state index is -0.146. The van der Waals surface area contributed by atoms with Crippen LogP contribution in [0.4, 0.5) is 0 Å². The fourth-order valence-electron chi connectivity index (χ4n) is 3.04. The van der Waals surface area contributed by atoms with Crippen LogP contribution in [0.1, 0.15) is 31.2 Å². The van der Waals surface area contributed by atoms with Crippen molar-refractivity contribution in [2.45, 2.75) is 31.8 Å². The number of hydrogen-bond donors (Lipinski definition) is 1. The molecule has 0 aliphatic heterocycles. The number of aliphatic hydroxyl groups excluding tert-OH is 1. The molecule has 0 spiro atoms. The first-order valence-electron chi connectivity index (χ1n) is 6.28. The zero-order chi connectivity index (χ0) is 11.8. The number of rotatable bonds is 1. The van der Waals surface area contributed by atoms with Crippen molar-refractivity contribution in [3.63, 3.8) is 0 Å². The molecule has 0 saturated heterocycles. The predicted octanol–water partition coefficient (Wildman–Crippen LogP) is 3.11. The van der Waals surface area contributed by atoms with Crippen molar-refractivity contribution in [1.29, 1.82) is 0 Å². The average molecular weight is 227 g/mol. The molecule has 0 radical (unpaired) electrons. The average Bonchev–Trinajstić information content (AvgIpc) is 2.69. The van der Waals surface area contributed by atoms with Gasteiger partial charge in [0, 0.05) is 17.8 Å². The third-order valence-electron chi connectivity index (χ3n) is 4.13. The number of nitrogens with zero attached hydrogens (tertiary/aromatic N) is 1. The van der Waals surface area contributed by atoms with E-state index in [1.807, 2.05) is 12.4 Å². The van der Waals surface area contributed by atoms with E-state index >= 15 is 0 Å². The maximum atomic E-state index is 9.89. The Balaban J connectivity index is 2.11. The molecule has 1 heterocycles. The number of pyridine rings is 1. The molecule has 2 nitrogen and oxygen atoms in total. The Labute approximate surface area is 101 Å². The molecule has 0 amide bonds. The molecule has 1 aromatic carbocycles. The van der Waals surface area contributed by atoms with Gasteiger partial charge in [-0.2, -0.15) is 0 Å². The van der Waals surface area contributed by atoms with E-state index in [1.54, 1.807) is 0 Å². The standard InChI is InChI=1S/C15H17NO/c1-10-12(5-6-15(10)17)13-4-2-3-11-7-8-16-9-14(11)13/h2-4,7-10,12,15,17H,5-6H2,1H3. The molecule has 3 rings (SSSR count). The van der Waals surface area contributed by atoms with Crippen molar-refractivity contribution in [2.24, 2.45) is 5.92 Å². The first-order chi connectivity index (χ1) is 8.27. The number of aliphatic hydroxyl groups is 1. The van der Waals surface area contributed by atoms with Crippen LogP contribution in [0.5, 0.6) is 0 Å². The van der Waals surface area contributed by atoms with Gasteiger partial charge in [-0.05, 0) is 41.7 Å². The van der Waals surface area contributed by atoms with Gasteiger partial charge in [-0.1, -0.05) is 25.1 Å². The zero-order valence-electron chi connectivity index (χ0n) is 10.0. The minimum Gasteiger partial charge on any atom is -0.393 e. The topological polar surface area (TPSA) is 33.1 Å². The lowest BCUT2D eigenvalue weighted by Crippen LogP contribution is -2.14. The maximum absolute atomic E-state index is 9.89. The van der Waals surface area contributed by atoms with E-state index in [9.17, 15) is 5.11 Å². The van der Waals surface area contributed by atoms with Crippen LogP contribution in [0.25, 0.3) is 10.8 Å². The molecule has 3 unspecified atom stereocenters. The summed E-state index contributed by atoms with van der Waals surface area (Å²) in [7, 11) is 0.